The summed E-state index contributed by atoms with van der Waals surface area (Å²) in [7, 11) is -0.504. The van der Waals surface area contributed by atoms with Crippen molar-refractivity contribution in [2.24, 2.45) is 0 Å². The number of carbonyl (C=O) groups excluding carboxylic acids is 1. The standard InChI is InChI=1S/C26H27N7O5S/c1-26(2,3)38-25(34)31(4)24-18-14-28-19(17-15-29-32-11-7-10-27-23(17)32)13-20(18)33(30-24)21-12-16(39(6,35)36)8-9-22(21)37-5/h7-15H,1-6H3. The molecule has 0 aliphatic heterocycles. The molecule has 0 bridgehead atoms. The summed E-state index contributed by atoms with van der Waals surface area (Å²) in [6.45, 7) is 5.32. The molecule has 0 radical (unpaired) electrons. The van der Waals surface area contributed by atoms with E-state index in [1.165, 1.54) is 28.8 Å². The van der Waals surface area contributed by atoms with Crippen LogP contribution >= 0.6 is 0 Å². The molecule has 5 rings (SSSR count). The highest BCUT2D eigenvalue weighted by Crippen LogP contribution is 2.35. The molecule has 0 aliphatic rings. The summed E-state index contributed by atoms with van der Waals surface area (Å²) < 4.78 is 39.0. The van der Waals surface area contributed by atoms with Crippen LogP contribution in [0.15, 0.2) is 60.0 Å². The summed E-state index contributed by atoms with van der Waals surface area (Å²) in [5, 5.41) is 9.60. The molecule has 4 heterocycles. The average molecular weight is 550 g/mol. The number of sulfone groups is 1. The lowest BCUT2D eigenvalue weighted by Crippen LogP contribution is -2.34. The molecular formula is C26H27N7O5S. The highest BCUT2D eigenvalue weighted by Gasteiger charge is 2.27. The fourth-order valence-electron chi connectivity index (χ4n) is 4.06. The molecular weight excluding hydrogens is 522 g/mol. The van der Waals surface area contributed by atoms with Crippen molar-refractivity contribution in [3.8, 4) is 22.7 Å². The first-order chi connectivity index (χ1) is 18.4. The summed E-state index contributed by atoms with van der Waals surface area (Å²) in [5.74, 6) is 0.650. The Morgan fingerprint density at radius 1 is 1.10 bits per heavy atom. The van der Waals surface area contributed by atoms with Crippen molar-refractivity contribution in [2.75, 3.05) is 25.3 Å². The van der Waals surface area contributed by atoms with Crippen LogP contribution in [0.3, 0.4) is 0 Å². The summed E-state index contributed by atoms with van der Waals surface area (Å²) in [4.78, 5) is 23.4. The van der Waals surface area contributed by atoms with Crippen molar-refractivity contribution < 1.29 is 22.7 Å². The molecule has 13 heteroatoms. The molecule has 5 aromatic rings. The number of carbonyl (C=O) groups is 1. The van der Waals surface area contributed by atoms with E-state index in [-0.39, 0.29) is 10.7 Å². The smallest absolute Gasteiger partial charge is 0.415 e. The third-order valence-electron chi connectivity index (χ3n) is 5.89. The van der Waals surface area contributed by atoms with E-state index in [2.05, 4.69) is 15.1 Å². The number of benzene rings is 1. The number of rotatable bonds is 5. The Labute approximate surface area is 224 Å². The Morgan fingerprint density at radius 2 is 1.87 bits per heavy atom. The van der Waals surface area contributed by atoms with Gasteiger partial charge in [-0.05, 0) is 51.1 Å². The van der Waals surface area contributed by atoms with Crippen LogP contribution in [0, 0.1) is 0 Å². The number of hydrogen-bond donors (Lipinski definition) is 0. The predicted molar refractivity (Wildman–Crippen MR) is 145 cm³/mol. The van der Waals surface area contributed by atoms with Gasteiger partial charge in [0.2, 0.25) is 0 Å². The zero-order valence-corrected chi connectivity index (χ0v) is 23.1. The van der Waals surface area contributed by atoms with Crippen LogP contribution in [0.1, 0.15) is 20.8 Å². The van der Waals surface area contributed by atoms with Gasteiger partial charge in [0.05, 0.1) is 40.4 Å². The molecule has 0 saturated heterocycles. The highest BCUT2D eigenvalue weighted by atomic mass is 32.2. The van der Waals surface area contributed by atoms with E-state index in [1.54, 1.807) is 75.3 Å². The van der Waals surface area contributed by atoms with Crippen LogP contribution in [-0.2, 0) is 14.6 Å². The van der Waals surface area contributed by atoms with Gasteiger partial charge in [0.15, 0.2) is 21.3 Å². The summed E-state index contributed by atoms with van der Waals surface area (Å²) in [5.41, 5.74) is 2.04. The number of aromatic nitrogens is 6. The average Bonchev–Trinajstić information content (AvgIpc) is 3.48. The van der Waals surface area contributed by atoms with E-state index >= 15 is 0 Å². The van der Waals surface area contributed by atoms with Gasteiger partial charge in [0.1, 0.15) is 17.0 Å². The number of methoxy groups -OCH3 is 1. The first kappa shape index (κ1) is 26.1. The minimum atomic E-state index is -3.54. The molecule has 4 aromatic heterocycles. The third kappa shape index (κ3) is 4.88. The van der Waals surface area contributed by atoms with E-state index in [9.17, 15) is 13.2 Å². The Kier molecular flexibility index (Phi) is 6.25. The van der Waals surface area contributed by atoms with Crippen LogP contribution in [0.25, 0.3) is 33.5 Å². The van der Waals surface area contributed by atoms with Crippen LogP contribution in [-0.4, -0.2) is 69.9 Å². The van der Waals surface area contributed by atoms with Gasteiger partial charge in [-0.15, -0.1) is 5.10 Å². The molecule has 0 saturated carbocycles. The summed E-state index contributed by atoms with van der Waals surface area (Å²) >= 11 is 0. The third-order valence-corrected chi connectivity index (χ3v) is 7.00. The molecule has 0 atom stereocenters. The zero-order valence-electron chi connectivity index (χ0n) is 22.3. The van der Waals surface area contributed by atoms with E-state index in [1.807, 2.05) is 0 Å². The largest absolute Gasteiger partial charge is 0.494 e. The number of anilines is 1. The Bertz CT molecular complexity index is 1840. The predicted octanol–water partition coefficient (Wildman–Crippen LogP) is 3.91. The fraction of sp³-hybridized carbons (Fsp3) is 0.269. The van der Waals surface area contributed by atoms with Gasteiger partial charge >= 0.3 is 6.09 Å². The van der Waals surface area contributed by atoms with Crippen molar-refractivity contribution in [3.63, 3.8) is 0 Å². The normalized spacial score (nSPS) is 12.2. The monoisotopic (exact) mass is 549 g/mol. The number of hydrogen-bond acceptors (Lipinski definition) is 9. The van der Waals surface area contributed by atoms with E-state index in [4.69, 9.17) is 14.6 Å². The molecule has 12 nitrogen and oxygen atoms in total. The maximum Gasteiger partial charge on any atom is 0.415 e. The van der Waals surface area contributed by atoms with Gasteiger partial charge < -0.3 is 9.47 Å². The number of pyridine rings is 1. The minimum absolute atomic E-state index is 0.0881. The Balaban J connectivity index is 1.77. The Morgan fingerprint density at radius 3 is 2.56 bits per heavy atom. The van der Waals surface area contributed by atoms with Crippen molar-refractivity contribution in [3.05, 3.63) is 55.1 Å². The molecule has 0 aliphatic carbocycles. The molecule has 0 fully saturated rings. The first-order valence-corrected chi connectivity index (χ1v) is 13.8. The van der Waals surface area contributed by atoms with Gasteiger partial charge in [0.25, 0.3) is 0 Å². The van der Waals surface area contributed by atoms with Crippen LogP contribution in [0.2, 0.25) is 0 Å². The van der Waals surface area contributed by atoms with Crippen molar-refractivity contribution in [1.82, 2.24) is 29.4 Å². The lowest BCUT2D eigenvalue weighted by molar-refractivity contribution is 0.0588. The minimum Gasteiger partial charge on any atom is -0.494 e. The molecule has 0 unspecified atom stereocenters. The van der Waals surface area contributed by atoms with Gasteiger partial charge in [-0.25, -0.2) is 27.4 Å². The summed E-state index contributed by atoms with van der Waals surface area (Å²) in [6.07, 6.45) is 7.23. The zero-order chi connectivity index (χ0) is 28.1. The van der Waals surface area contributed by atoms with E-state index in [0.717, 1.165) is 6.26 Å². The quantitative estimate of drug-likeness (QED) is 0.320. The Hall–Kier alpha value is -4.52. The maximum atomic E-state index is 13.0. The number of amides is 1. The maximum absolute atomic E-state index is 13.0. The lowest BCUT2D eigenvalue weighted by atomic mass is 10.2. The summed E-state index contributed by atoms with van der Waals surface area (Å²) in [6, 6.07) is 8.07. The topological polar surface area (TPSA) is 134 Å². The molecule has 0 spiro atoms. The molecule has 39 heavy (non-hydrogen) atoms. The van der Waals surface area contributed by atoms with Gasteiger partial charge in [-0.1, -0.05) is 0 Å². The second kappa shape index (κ2) is 9.34. The number of ether oxygens (including phenoxy) is 2. The van der Waals surface area contributed by atoms with Gasteiger partial charge in [-0.2, -0.15) is 5.10 Å². The highest BCUT2D eigenvalue weighted by molar-refractivity contribution is 7.90. The van der Waals surface area contributed by atoms with Crippen LogP contribution < -0.4 is 9.64 Å². The van der Waals surface area contributed by atoms with Gasteiger partial charge in [0, 0.05) is 31.9 Å². The second-order valence-electron chi connectivity index (χ2n) is 9.91. The molecule has 0 N–H and O–H groups in total. The second-order valence-corrected chi connectivity index (χ2v) is 11.9. The van der Waals surface area contributed by atoms with Crippen LogP contribution in [0.5, 0.6) is 5.75 Å². The fourth-order valence-corrected chi connectivity index (χ4v) is 4.71. The SMILES string of the molecule is COc1ccc(S(C)(=O)=O)cc1-n1nc(N(C)C(=O)OC(C)(C)C)c2cnc(-c3cnn4cccnc34)cc21. The van der Waals surface area contributed by atoms with E-state index in [0.29, 0.717) is 39.2 Å². The number of nitrogens with zero attached hydrogens (tertiary/aromatic N) is 7. The van der Waals surface area contributed by atoms with Gasteiger partial charge in [-0.3, -0.25) is 9.88 Å². The van der Waals surface area contributed by atoms with Crippen molar-refractivity contribution in [2.45, 2.75) is 31.3 Å². The molecule has 202 valence electrons. The van der Waals surface area contributed by atoms with Crippen LogP contribution in [0.4, 0.5) is 10.6 Å². The van der Waals surface area contributed by atoms with Crippen molar-refractivity contribution >= 4 is 38.3 Å². The lowest BCUT2D eigenvalue weighted by Gasteiger charge is -2.23. The first-order valence-electron chi connectivity index (χ1n) is 11.9. The van der Waals surface area contributed by atoms with Crippen molar-refractivity contribution in [1.29, 1.82) is 0 Å². The number of fused-ring (bicyclic) bond motifs is 2. The van der Waals surface area contributed by atoms with E-state index < -0.39 is 21.5 Å². The molecule has 1 amide bonds. The molecule has 1 aromatic carbocycles.